The summed E-state index contributed by atoms with van der Waals surface area (Å²) in [7, 11) is 2.45. The van der Waals surface area contributed by atoms with Crippen LogP contribution in [-0.4, -0.2) is 43.9 Å². The summed E-state index contributed by atoms with van der Waals surface area (Å²) in [6.45, 7) is 16.8. The van der Waals surface area contributed by atoms with Crippen molar-refractivity contribution >= 4 is 0 Å². The van der Waals surface area contributed by atoms with Crippen LogP contribution in [0.3, 0.4) is 0 Å². The van der Waals surface area contributed by atoms with E-state index in [2.05, 4.69) is 41.7 Å². The minimum atomic E-state index is 0.411. The normalized spacial score (nSPS) is 32.6. The van der Waals surface area contributed by atoms with Crippen LogP contribution >= 0.6 is 0 Å². The van der Waals surface area contributed by atoms with Crippen LogP contribution in [0, 0.1) is 16.7 Å². The third kappa shape index (κ3) is 3.79. The van der Waals surface area contributed by atoms with E-state index in [0.29, 0.717) is 16.9 Å². The maximum Gasteiger partial charge on any atom is 0.102 e. The summed E-state index contributed by atoms with van der Waals surface area (Å²) in [5.74, 6) is 0.888. The molecule has 2 heteroatoms. The Balaban J connectivity index is 1.85. The molecule has 23 heavy (non-hydrogen) atoms. The van der Waals surface area contributed by atoms with Crippen LogP contribution in [0.5, 0.6) is 0 Å². The van der Waals surface area contributed by atoms with E-state index >= 15 is 0 Å². The molecule has 2 aliphatic carbocycles. The van der Waals surface area contributed by atoms with Gasteiger partial charge in [-0.05, 0) is 48.9 Å². The lowest BCUT2D eigenvalue weighted by molar-refractivity contribution is -0.910. The fourth-order valence-corrected chi connectivity index (χ4v) is 5.21. The predicted octanol–water partition coefficient (Wildman–Crippen LogP) is 5.26. The largest absolute Gasteiger partial charge is 0.372 e. The summed E-state index contributed by atoms with van der Waals surface area (Å²) in [6, 6.07) is 0. The van der Waals surface area contributed by atoms with Gasteiger partial charge in [0.05, 0.1) is 32.8 Å². The van der Waals surface area contributed by atoms with E-state index in [4.69, 9.17) is 4.74 Å². The molecule has 0 heterocycles. The SMILES string of the molecule is CCCC[N+](C)(CCCC)CCO[C@@H]1C[C@@H]2CC[C@]1(C)C2(C)C. The van der Waals surface area contributed by atoms with Gasteiger partial charge in [0, 0.05) is 0 Å². The number of fused-ring (bicyclic) bond motifs is 2. The molecule has 2 rings (SSSR count). The Bertz CT molecular complexity index is 370. The Morgan fingerprint density at radius 1 is 1.00 bits per heavy atom. The number of hydrogen-bond donors (Lipinski definition) is 0. The Labute approximate surface area is 145 Å². The van der Waals surface area contributed by atoms with Gasteiger partial charge in [-0.2, -0.15) is 0 Å². The van der Waals surface area contributed by atoms with Crippen molar-refractivity contribution in [3.63, 3.8) is 0 Å². The quantitative estimate of drug-likeness (QED) is 0.498. The van der Waals surface area contributed by atoms with Gasteiger partial charge >= 0.3 is 0 Å². The van der Waals surface area contributed by atoms with Crippen molar-refractivity contribution < 1.29 is 9.22 Å². The lowest BCUT2D eigenvalue weighted by Gasteiger charge is -2.40. The molecule has 0 spiro atoms. The maximum atomic E-state index is 6.52. The Kier molecular flexibility index (Phi) is 6.22. The molecule has 0 aromatic rings. The predicted molar refractivity (Wildman–Crippen MR) is 99.6 cm³/mol. The van der Waals surface area contributed by atoms with Crippen LogP contribution in [-0.2, 0) is 4.74 Å². The molecule has 0 radical (unpaired) electrons. The summed E-state index contributed by atoms with van der Waals surface area (Å²) in [4.78, 5) is 0. The van der Waals surface area contributed by atoms with Gasteiger partial charge in [-0.3, -0.25) is 0 Å². The van der Waals surface area contributed by atoms with E-state index in [1.54, 1.807) is 0 Å². The molecule has 136 valence electrons. The average molecular weight is 325 g/mol. The van der Waals surface area contributed by atoms with Crippen molar-refractivity contribution in [2.75, 3.05) is 33.3 Å². The zero-order valence-corrected chi connectivity index (χ0v) is 16.8. The first-order valence-corrected chi connectivity index (χ1v) is 10.2. The highest BCUT2D eigenvalue weighted by Crippen LogP contribution is 2.66. The van der Waals surface area contributed by atoms with E-state index < -0.39 is 0 Å². The Morgan fingerprint density at radius 2 is 1.61 bits per heavy atom. The number of ether oxygens (including phenoxy) is 1. The zero-order chi connectivity index (χ0) is 17.1. The molecule has 2 aliphatic rings. The first-order valence-electron chi connectivity index (χ1n) is 10.2. The fourth-order valence-electron chi connectivity index (χ4n) is 5.21. The van der Waals surface area contributed by atoms with Gasteiger partial charge < -0.3 is 9.22 Å². The van der Waals surface area contributed by atoms with Crippen molar-refractivity contribution in [3.8, 4) is 0 Å². The summed E-state index contributed by atoms with van der Waals surface area (Å²) in [6.07, 6.45) is 9.89. The number of hydrogen-bond acceptors (Lipinski definition) is 1. The van der Waals surface area contributed by atoms with E-state index in [-0.39, 0.29) is 0 Å². The van der Waals surface area contributed by atoms with Crippen LogP contribution in [0.4, 0.5) is 0 Å². The van der Waals surface area contributed by atoms with Crippen molar-refractivity contribution in [1.82, 2.24) is 0 Å². The molecule has 3 atom stereocenters. The van der Waals surface area contributed by atoms with E-state index in [1.807, 2.05) is 0 Å². The molecule has 2 saturated carbocycles. The molecule has 0 aromatic carbocycles. The second kappa shape index (κ2) is 7.44. The first kappa shape index (κ1) is 19.2. The molecule has 2 fully saturated rings. The minimum absolute atomic E-state index is 0.411. The number of quaternary nitrogens is 1. The topological polar surface area (TPSA) is 9.23 Å². The van der Waals surface area contributed by atoms with Gasteiger partial charge in [-0.25, -0.2) is 0 Å². The van der Waals surface area contributed by atoms with Crippen molar-refractivity contribution in [1.29, 1.82) is 0 Å². The van der Waals surface area contributed by atoms with Gasteiger partial charge in [0.15, 0.2) is 0 Å². The third-order valence-corrected chi connectivity index (χ3v) is 7.77. The molecule has 0 aromatic heterocycles. The molecule has 2 nitrogen and oxygen atoms in total. The fraction of sp³-hybridized carbons (Fsp3) is 1.00. The van der Waals surface area contributed by atoms with Crippen molar-refractivity contribution in [2.24, 2.45) is 16.7 Å². The van der Waals surface area contributed by atoms with Gasteiger partial charge in [-0.15, -0.1) is 0 Å². The summed E-state index contributed by atoms with van der Waals surface area (Å²) in [5, 5.41) is 0. The Morgan fingerprint density at radius 3 is 2.04 bits per heavy atom. The number of likely N-dealkylation sites (N-methyl/N-ethyl adjacent to an activating group) is 1. The van der Waals surface area contributed by atoms with Crippen molar-refractivity contribution in [3.05, 3.63) is 0 Å². The molecule has 2 bridgehead atoms. The van der Waals surface area contributed by atoms with Crippen LogP contribution in [0.15, 0.2) is 0 Å². The second-order valence-corrected chi connectivity index (χ2v) is 9.47. The molecular formula is C21H42NO+. The Hall–Kier alpha value is -0.0800. The van der Waals surface area contributed by atoms with Crippen LogP contribution in [0.25, 0.3) is 0 Å². The van der Waals surface area contributed by atoms with Crippen LogP contribution in [0.2, 0.25) is 0 Å². The maximum absolute atomic E-state index is 6.52. The highest BCUT2D eigenvalue weighted by atomic mass is 16.5. The van der Waals surface area contributed by atoms with Gasteiger partial charge in [0.25, 0.3) is 0 Å². The molecule has 0 N–H and O–H groups in total. The lowest BCUT2D eigenvalue weighted by Crippen LogP contribution is -2.48. The van der Waals surface area contributed by atoms with Crippen molar-refractivity contribution in [2.45, 2.75) is 85.7 Å². The molecule has 0 saturated heterocycles. The monoisotopic (exact) mass is 324 g/mol. The minimum Gasteiger partial charge on any atom is -0.372 e. The van der Waals surface area contributed by atoms with Gasteiger partial charge in [-0.1, -0.05) is 47.5 Å². The molecular weight excluding hydrogens is 282 g/mol. The number of nitrogens with zero attached hydrogens (tertiary/aromatic N) is 1. The highest BCUT2D eigenvalue weighted by Gasteiger charge is 2.61. The third-order valence-electron chi connectivity index (χ3n) is 7.77. The van der Waals surface area contributed by atoms with E-state index in [1.165, 1.54) is 69.1 Å². The highest BCUT2D eigenvalue weighted by molar-refractivity contribution is 5.11. The molecule has 0 aliphatic heterocycles. The van der Waals surface area contributed by atoms with Crippen LogP contribution < -0.4 is 0 Å². The molecule has 0 amide bonds. The number of rotatable bonds is 10. The smallest absolute Gasteiger partial charge is 0.102 e. The first-order chi connectivity index (χ1) is 10.8. The van der Waals surface area contributed by atoms with Crippen LogP contribution in [0.1, 0.15) is 79.6 Å². The zero-order valence-electron chi connectivity index (χ0n) is 16.8. The summed E-state index contributed by atoms with van der Waals surface area (Å²) >= 11 is 0. The van der Waals surface area contributed by atoms with Gasteiger partial charge in [0.2, 0.25) is 0 Å². The summed E-state index contributed by atoms with van der Waals surface area (Å²) in [5.41, 5.74) is 0.883. The van der Waals surface area contributed by atoms with E-state index in [0.717, 1.165) is 12.5 Å². The van der Waals surface area contributed by atoms with Gasteiger partial charge in [0.1, 0.15) is 6.54 Å². The summed E-state index contributed by atoms with van der Waals surface area (Å²) < 4.78 is 7.72. The second-order valence-electron chi connectivity index (χ2n) is 9.47. The standard InChI is InChI=1S/C21H42NO/c1-7-9-13-22(6,14-10-8-2)15-16-23-19-17-18-11-12-21(19,5)20(18,3)4/h18-19H,7-17H2,1-6H3/q+1/t18-,19+,21-/m0/s1. The average Bonchev–Trinajstić information content (AvgIpc) is 2.84. The molecule has 0 unspecified atom stereocenters. The van der Waals surface area contributed by atoms with E-state index in [9.17, 15) is 0 Å². The lowest BCUT2D eigenvalue weighted by atomic mass is 9.70. The number of unbranched alkanes of at least 4 members (excludes halogenated alkanes) is 2.